The van der Waals surface area contributed by atoms with Crippen LogP contribution < -0.4 is 10.9 Å². The number of carbonyl (C=O) groups is 1. The molecule has 1 aliphatic heterocycles. The van der Waals surface area contributed by atoms with E-state index in [-0.39, 0.29) is 58.0 Å². The number of nitrogens with zero attached hydrogens (tertiary/aromatic N) is 3. The van der Waals surface area contributed by atoms with E-state index >= 15 is 0 Å². The van der Waals surface area contributed by atoms with Crippen LogP contribution >= 0.6 is 0 Å². The molecule has 0 spiro atoms. The zero-order valence-electron chi connectivity index (χ0n) is 25.3. The van der Waals surface area contributed by atoms with Crippen molar-refractivity contribution >= 4 is 33.1 Å². The largest absolute Gasteiger partial charge is 0.390 e. The standard InChI is InChI=1S/C29H41N5O7S/c1-14(2)18-9-19(15(3)4)25(20(10-18)16(5)6)42(38,39)40-12-22-21(35)11-23(41-22)34-13-30-24-26(34)31-29(33-28(24)37)32-27(36)17(7)8/h9-10,13-17,21-23,35H,11-12H2,1-8H3,(H2,31,32,33,36,37). The first-order valence-corrected chi connectivity index (χ1v) is 15.7. The molecule has 3 unspecified atom stereocenters. The van der Waals surface area contributed by atoms with Crippen molar-refractivity contribution in [3.8, 4) is 0 Å². The minimum Gasteiger partial charge on any atom is -0.390 e. The maximum atomic E-state index is 13.7. The molecule has 1 aliphatic rings. The van der Waals surface area contributed by atoms with Gasteiger partial charge in [-0.05, 0) is 34.4 Å². The van der Waals surface area contributed by atoms with Crippen molar-refractivity contribution in [2.24, 2.45) is 5.92 Å². The Morgan fingerprint density at radius 3 is 2.29 bits per heavy atom. The fourth-order valence-corrected chi connectivity index (χ4v) is 6.48. The van der Waals surface area contributed by atoms with Gasteiger partial charge in [0.05, 0.1) is 19.0 Å². The van der Waals surface area contributed by atoms with Crippen LogP contribution in [0, 0.1) is 5.92 Å². The van der Waals surface area contributed by atoms with Crippen LogP contribution in [0.3, 0.4) is 0 Å². The van der Waals surface area contributed by atoms with Crippen LogP contribution in [0.1, 0.15) is 102 Å². The van der Waals surface area contributed by atoms with E-state index in [1.807, 2.05) is 39.8 Å². The SMILES string of the molecule is CC(C)C(=O)Nc1nc2c(ncn2C2CC(O)C(COS(=O)(=O)c3c(C(C)C)cc(C(C)C)cc3C(C)C)O2)c(=O)[nH]1. The molecule has 0 saturated carbocycles. The number of benzene rings is 1. The summed E-state index contributed by atoms with van der Waals surface area (Å²) in [5, 5.41) is 13.4. The van der Waals surface area contributed by atoms with Crippen LogP contribution in [0.25, 0.3) is 11.2 Å². The summed E-state index contributed by atoms with van der Waals surface area (Å²) in [5.41, 5.74) is 2.08. The summed E-state index contributed by atoms with van der Waals surface area (Å²) in [7, 11) is -4.21. The average Bonchev–Trinajstić information content (AvgIpc) is 3.49. The number of nitrogens with one attached hydrogen (secondary N) is 2. The topological polar surface area (TPSA) is 165 Å². The molecule has 13 heteroatoms. The highest BCUT2D eigenvalue weighted by atomic mass is 32.2. The lowest BCUT2D eigenvalue weighted by Gasteiger charge is -2.23. The smallest absolute Gasteiger partial charge is 0.297 e. The predicted molar refractivity (Wildman–Crippen MR) is 158 cm³/mol. The Balaban J connectivity index is 1.58. The number of carbonyl (C=O) groups excluding carboxylic acids is 1. The van der Waals surface area contributed by atoms with E-state index in [1.165, 1.54) is 10.9 Å². The maximum absolute atomic E-state index is 13.7. The molecule has 3 N–H and O–H groups in total. The molecule has 2 aromatic heterocycles. The van der Waals surface area contributed by atoms with Gasteiger partial charge >= 0.3 is 0 Å². The Morgan fingerprint density at radius 2 is 1.74 bits per heavy atom. The molecule has 230 valence electrons. The normalized spacial score (nSPS) is 19.6. The Labute approximate surface area is 246 Å². The van der Waals surface area contributed by atoms with Crippen LogP contribution in [0.15, 0.2) is 28.2 Å². The van der Waals surface area contributed by atoms with Crippen molar-refractivity contribution in [2.75, 3.05) is 11.9 Å². The summed E-state index contributed by atoms with van der Waals surface area (Å²) in [5.74, 6) is -0.594. The molecule has 12 nitrogen and oxygen atoms in total. The number of imidazole rings is 1. The number of ether oxygens (including phenoxy) is 1. The highest BCUT2D eigenvalue weighted by molar-refractivity contribution is 7.86. The van der Waals surface area contributed by atoms with E-state index in [9.17, 15) is 23.1 Å². The summed E-state index contributed by atoms with van der Waals surface area (Å²) in [6.07, 6.45) is -1.38. The van der Waals surface area contributed by atoms with E-state index in [0.717, 1.165) is 5.56 Å². The van der Waals surface area contributed by atoms with Crippen molar-refractivity contribution < 1.29 is 27.2 Å². The molecule has 1 fully saturated rings. The Hall–Kier alpha value is -3.13. The van der Waals surface area contributed by atoms with Crippen LogP contribution in [-0.2, 0) is 23.8 Å². The maximum Gasteiger partial charge on any atom is 0.297 e. The Bertz CT molecular complexity index is 1600. The third kappa shape index (κ3) is 6.43. The molecule has 3 atom stereocenters. The van der Waals surface area contributed by atoms with Crippen molar-refractivity contribution in [3.05, 3.63) is 45.5 Å². The van der Waals surface area contributed by atoms with Crippen molar-refractivity contribution in [1.29, 1.82) is 0 Å². The summed E-state index contributed by atoms with van der Waals surface area (Å²) >= 11 is 0. The highest BCUT2D eigenvalue weighted by Crippen LogP contribution is 2.37. The number of hydrogen-bond donors (Lipinski definition) is 3. The van der Waals surface area contributed by atoms with Crippen molar-refractivity contribution in [3.63, 3.8) is 0 Å². The van der Waals surface area contributed by atoms with E-state index in [0.29, 0.717) is 11.1 Å². The fourth-order valence-electron chi connectivity index (χ4n) is 4.89. The number of H-pyrrole nitrogens is 1. The van der Waals surface area contributed by atoms with E-state index < -0.39 is 40.7 Å². The number of aliphatic hydroxyl groups is 1. The number of aromatic amines is 1. The molecule has 0 radical (unpaired) electrons. The van der Waals surface area contributed by atoms with Gasteiger partial charge in [-0.1, -0.05) is 67.5 Å². The van der Waals surface area contributed by atoms with Gasteiger partial charge in [0.2, 0.25) is 11.9 Å². The lowest BCUT2D eigenvalue weighted by atomic mass is 9.89. The molecular weight excluding hydrogens is 562 g/mol. The zero-order chi connectivity index (χ0) is 31.1. The predicted octanol–water partition coefficient (Wildman–Crippen LogP) is 4.14. The van der Waals surface area contributed by atoms with E-state index in [4.69, 9.17) is 8.92 Å². The Morgan fingerprint density at radius 1 is 1.12 bits per heavy atom. The number of rotatable bonds is 10. The number of aliphatic hydroxyl groups excluding tert-OH is 1. The molecular formula is C29H41N5O7S. The van der Waals surface area contributed by atoms with Crippen LogP contribution in [0.2, 0.25) is 0 Å². The minimum atomic E-state index is -4.21. The van der Waals surface area contributed by atoms with Crippen LogP contribution in [0.4, 0.5) is 5.95 Å². The van der Waals surface area contributed by atoms with Gasteiger partial charge in [0, 0.05) is 12.3 Å². The lowest BCUT2D eigenvalue weighted by molar-refractivity contribution is -0.118. The second-order valence-corrected chi connectivity index (χ2v) is 13.6. The molecule has 1 aromatic carbocycles. The molecule has 0 aliphatic carbocycles. The number of anilines is 1. The van der Waals surface area contributed by atoms with Crippen LogP contribution in [0.5, 0.6) is 0 Å². The van der Waals surface area contributed by atoms with Gasteiger partial charge in [-0.15, -0.1) is 0 Å². The molecule has 1 amide bonds. The van der Waals surface area contributed by atoms with Gasteiger partial charge in [0.25, 0.3) is 15.7 Å². The summed E-state index contributed by atoms with van der Waals surface area (Å²) in [6, 6.07) is 3.87. The average molecular weight is 604 g/mol. The van der Waals surface area contributed by atoms with Gasteiger partial charge in [-0.2, -0.15) is 13.4 Å². The third-order valence-corrected chi connectivity index (χ3v) is 8.85. The Kier molecular flexibility index (Phi) is 9.26. The van der Waals surface area contributed by atoms with Gasteiger partial charge in [-0.3, -0.25) is 28.6 Å². The molecule has 1 saturated heterocycles. The second kappa shape index (κ2) is 12.2. The van der Waals surface area contributed by atoms with Crippen LogP contribution in [-0.4, -0.2) is 57.8 Å². The number of aromatic nitrogens is 4. The molecule has 4 rings (SSSR count). The monoisotopic (exact) mass is 603 g/mol. The first-order valence-electron chi connectivity index (χ1n) is 14.3. The van der Waals surface area contributed by atoms with Gasteiger partial charge in [0.15, 0.2) is 11.2 Å². The van der Waals surface area contributed by atoms with Crippen molar-refractivity contribution in [2.45, 2.75) is 103 Å². The first-order chi connectivity index (χ1) is 19.6. The summed E-state index contributed by atoms with van der Waals surface area (Å²) in [4.78, 5) is 35.8. The third-order valence-electron chi connectivity index (χ3n) is 7.43. The lowest BCUT2D eigenvalue weighted by Crippen LogP contribution is -2.28. The van der Waals surface area contributed by atoms with E-state index in [1.54, 1.807) is 13.8 Å². The molecule has 3 heterocycles. The number of amides is 1. The van der Waals surface area contributed by atoms with Crippen molar-refractivity contribution in [1.82, 2.24) is 19.5 Å². The zero-order valence-corrected chi connectivity index (χ0v) is 26.2. The first kappa shape index (κ1) is 31.8. The van der Waals surface area contributed by atoms with Gasteiger partial charge < -0.3 is 9.84 Å². The minimum absolute atomic E-state index is 0.0326. The highest BCUT2D eigenvalue weighted by Gasteiger charge is 2.38. The molecule has 0 bridgehead atoms. The van der Waals surface area contributed by atoms with E-state index in [2.05, 4.69) is 34.1 Å². The summed E-state index contributed by atoms with van der Waals surface area (Å²) < 4.78 is 40.4. The summed E-state index contributed by atoms with van der Waals surface area (Å²) in [6.45, 7) is 15.0. The van der Waals surface area contributed by atoms with Gasteiger partial charge in [-0.25, -0.2) is 4.98 Å². The fraction of sp³-hybridized carbons (Fsp3) is 0.586. The quantitative estimate of drug-likeness (QED) is 0.289. The number of fused-ring (bicyclic) bond motifs is 1. The molecule has 3 aromatic rings. The second-order valence-electron chi connectivity index (χ2n) is 12.0. The van der Waals surface area contributed by atoms with Gasteiger partial charge in [0.1, 0.15) is 17.2 Å². The number of hydrogen-bond acceptors (Lipinski definition) is 9. The molecule has 42 heavy (non-hydrogen) atoms.